The number of aromatic hydroxyl groups is 1. The van der Waals surface area contributed by atoms with E-state index in [2.05, 4.69) is 52.5 Å². The fraction of sp³-hybridized carbons (Fsp3) is 0.647. The molecule has 2 nitrogen and oxygen atoms in total. The number of benzene rings is 1. The van der Waals surface area contributed by atoms with Gasteiger partial charge in [-0.2, -0.15) is 0 Å². The summed E-state index contributed by atoms with van der Waals surface area (Å²) in [6, 6.07) is 3.96. The molecule has 0 fully saturated rings. The molecule has 1 N–H and O–H groups in total. The molecule has 1 aliphatic heterocycles. The van der Waals surface area contributed by atoms with Gasteiger partial charge in [0.05, 0.1) is 0 Å². The number of phenols is 1. The molecular weight excluding hydrogens is 234 g/mol. The first kappa shape index (κ1) is 14.4. The summed E-state index contributed by atoms with van der Waals surface area (Å²) in [5, 5.41) is 10.1. The summed E-state index contributed by atoms with van der Waals surface area (Å²) in [5.41, 5.74) is 4.17. The van der Waals surface area contributed by atoms with Gasteiger partial charge in [-0.15, -0.1) is 0 Å². The van der Waals surface area contributed by atoms with Crippen molar-refractivity contribution in [2.24, 2.45) is 0 Å². The second-order valence-corrected chi connectivity index (χ2v) is 7.68. The zero-order valence-corrected chi connectivity index (χ0v) is 13.2. The van der Waals surface area contributed by atoms with Gasteiger partial charge in [-0.1, -0.05) is 26.8 Å². The van der Waals surface area contributed by atoms with Gasteiger partial charge in [-0.25, -0.2) is 0 Å². The van der Waals surface area contributed by atoms with Crippen LogP contribution in [0.4, 0.5) is 0 Å². The lowest BCUT2D eigenvalue weighted by atomic mass is 9.79. The maximum Gasteiger partial charge on any atom is 0.119 e. The van der Waals surface area contributed by atoms with E-state index < -0.39 is 0 Å². The summed E-state index contributed by atoms with van der Waals surface area (Å²) >= 11 is 0. The van der Waals surface area contributed by atoms with Crippen molar-refractivity contribution in [1.29, 1.82) is 0 Å². The molecule has 0 amide bonds. The van der Waals surface area contributed by atoms with Crippen LogP contribution in [0.1, 0.15) is 58.2 Å². The van der Waals surface area contributed by atoms with E-state index in [0.717, 1.165) is 25.1 Å². The summed E-state index contributed by atoms with van der Waals surface area (Å²) in [5.74, 6) is 0.469. The minimum absolute atomic E-state index is 0.124. The van der Waals surface area contributed by atoms with E-state index in [1.54, 1.807) is 0 Å². The Bertz CT molecular complexity index is 477. The van der Waals surface area contributed by atoms with E-state index in [-0.39, 0.29) is 11.0 Å². The van der Waals surface area contributed by atoms with Crippen LogP contribution >= 0.6 is 0 Å². The van der Waals surface area contributed by atoms with Crippen LogP contribution in [0.2, 0.25) is 0 Å². The normalized spacial score (nSPS) is 17.4. The van der Waals surface area contributed by atoms with E-state index in [1.165, 1.54) is 11.1 Å². The Kier molecular flexibility index (Phi) is 3.42. The van der Waals surface area contributed by atoms with Gasteiger partial charge in [0.25, 0.3) is 0 Å². The lowest BCUT2D eigenvalue weighted by molar-refractivity contribution is 0.119. The lowest BCUT2D eigenvalue weighted by Gasteiger charge is -2.41. The number of rotatable bonds is 0. The third-order valence-corrected chi connectivity index (χ3v) is 4.14. The zero-order chi connectivity index (χ0) is 14.4. The molecule has 106 valence electrons. The summed E-state index contributed by atoms with van der Waals surface area (Å²) in [4.78, 5) is 2.50. The second-order valence-electron chi connectivity index (χ2n) is 7.68. The Balaban J connectivity index is 2.49. The van der Waals surface area contributed by atoms with Gasteiger partial charge in [0.2, 0.25) is 0 Å². The SMILES string of the molecule is CC(C)(C)c1ccc(O)c2c1CN(C(C)(C)C)CC2. The second kappa shape index (κ2) is 4.52. The minimum atomic E-state index is 0.124. The molecular formula is C17H27NO. The molecule has 0 saturated carbocycles. The fourth-order valence-corrected chi connectivity index (χ4v) is 2.93. The molecule has 2 rings (SSSR count). The van der Waals surface area contributed by atoms with E-state index >= 15 is 0 Å². The minimum Gasteiger partial charge on any atom is -0.508 e. The van der Waals surface area contributed by atoms with Crippen LogP contribution in [0, 0.1) is 0 Å². The standard InChI is InChI=1S/C17H27NO/c1-16(2,3)14-7-8-15(19)12-9-10-18(11-13(12)14)17(4,5)6/h7-8,19H,9-11H2,1-6H3. The predicted octanol–water partition coefficient (Wildman–Crippen LogP) is 3.85. The molecule has 1 aromatic carbocycles. The van der Waals surface area contributed by atoms with E-state index in [1.807, 2.05) is 6.07 Å². The van der Waals surface area contributed by atoms with Crippen molar-refractivity contribution in [3.05, 3.63) is 28.8 Å². The van der Waals surface area contributed by atoms with Crippen LogP contribution < -0.4 is 0 Å². The molecule has 0 saturated heterocycles. The lowest BCUT2D eigenvalue weighted by Crippen LogP contribution is -2.45. The van der Waals surface area contributed by atoms with Gasteiger partial charge < -0.3 is 5.11 Å². The van der Waals surface area contributed by atoms with Crippen molar-refractivity contribution < 1.29 is 5.11 Å². The van der Waals surface area contributed by atoms with Crippen LogP contribution in [0.25, 0.3) is 0 Å². The summed E-state index contributed by atoms with van der Waals surface area (Å²) in [6.45, 7) is 15.5. The highest BCUT2D eigenvalue weighted by Gasteiger charge is 2.30. The van der Waals surface area contributed by atoms with Crippen molar-refractivity contribution >= 4 is 0 Å². The van der Waals surface area contributed by atoms with Crippen LogP contribution in [-0.2, 0) is 18.4 Å². The third kappa shape index (κ3) is 2.79. The average Bonchev–Trinajstić information content (AvgIpc) is 2.26. The molecule has 0 spiro atoms. The topological polar surface area (TPSA) is 23.5 Å². The first-order valence-corrected chi connectivity index (χ1v) is 7.20. The number of hydrogen-bond acceptors (Lipinski definition) is 2. The van der Waals surface area contributed by atoms with Gasteiger partial charge in [-0.3, -0.25) is 4.90 Å². The zero-order valence-electron chi connectivity index (χ0n) is 13.2. The highest BCUT2D eigenvalue weighted by atomic mass is 16.3. The first-order chi connectivity index (χ1) is 8.60. The van der Waals surface area contributed by atoms with E-state index in [9.17, 15) is 5.11 Å². The molecule has 1 aliphatic rings. The summed E-state index contributed by atoms with van der Waals surface area (Å²) in [7, 11) is 0. The van der Waals surface area contributed by atoms with Crippen LogP contribution in [0.3, 0.4) is 0 Å². The van der Waals surface area contributed by atoms with Crippen LogP contribution in [0.15, 0.2) is 12.1 Å². The molecule has 0 atom stereocenters. The maximum absolute atomic E-state index is 10.1. The molecule has 1 aromatic rings. The van der Waals surface area contributed by atoms with Crippen molar-refractivity contribution in [2.45, 2.75) is 65.5 Å². The van der Waals surface area contributed by atoms with Crippen molar-refractivity contribution in [2.75, 3.05) is 6.54 Å². The maximum atomic E-state index is 10.1. The van der Waals surface area contributed by atoms with Crippen LogP contribution in [-0.4, -0.2) is 22.1 Å². The Morgan fingerprint density at radius 2 is 1.63 bits per heavy atom. The van der Waals surface area contributed by atoms with Gasteiger partial charge in [0.1, 0.15) is 5.75 Å². The number of nitrogens with zero attached hydrogens (tertiary/aromatic N) is 1. The van der Waals surface area contributed by atoms with Gasteiger partial charge in [-0.05, 0) is 55.4 Å². The Morgan fingerprint density at radius 3 is 2.16 bits per heavy atom. The highest BCUT2D eigenvalue weighted by molar-refractivity contribution is 5.48. The quantitative estimate of drug-likeness (QED) is 0.767. The summed E-state index contributed by atoms with van der Waals surface area (Å²) < 4.78 is 0. The molecule has 1 heterocycles. The number of fused-ring (bicyclic) bond motifs is 1. The molecule has 19 heavy (non-hydrogen) atoms. The summed E-state index contributed by atoms with van der Waals surface area (Å²) in [6.07, 6.45) is 0.947. The molecule has 0 bridgehead atoms. The first-order valence-electron chi connectivity index (χ1n) is 7.20. The van der Waals surface area contributed by atoms with Gasteiger partial charge in [0.15, 0.2) is 0 Å². The smallest absolute Gasteiger partial charge is 0.119 e. The predicted molar refractivity (Wildman–Crippen MR) is 80.7 cm³/mol. The highest BCUT2D eigenvalue weighted by Crippen LogP contribution is 2.37. The number of hydrogen-bond donors (Lipinski definition) is 1. The van der Waals surface area contributed by atoms with E-state index in [0.29, 0.717) is 5.75 Å². The largest absolute Gasteiger partial charge is 0.508 e. The molecule has 0 radical (unpaired) electrons. The van der Waals surface area contributed by atoms with Crippen molar-refractivity contribution in [3.8, 4) is 5.75 Å². The van der Waals surface area contributed by atoms with E-state index in [4.69, 9.17) is 0 Å². The Morgan fingerprint density at radius 1 is 1.00 bits per heavy atom. The Labute approximate surface area is 117 Å². The monoisotopic (exact) mass is 261 g/mol. The number of phenolic OH excluding ortho intramolecular Hbond substituents is 1. The molecule has 0 aliphatic carbocycles. The van der Waals surface area contributed by atoms with Crippen molar-refractivity contribution in [1.82, 2.24) is 4.90 Å². The van der Waals surface area contributed by atoms with Crippen LogP contribution in [0.5, 0.6) is 5.75 Å². The Hall–Kier alpha value is -1.02. The third-order valence-electron chi connectivity index (χ3n) is 4.14. The average molecular weight is 261 g/mol. The van der Waals surface area contributed by atoms with Crippen molar-refractivity contribution in [3.63, 3.8) is 0 Å². The molecule has 0 aromatic heterocycles. The molecule has 2 heteroatoms. The van der Waals surface area contributed by atoms with Gasteiger partial charge >= 0.3 is 0 Å². The fourth-order valence-electron chi connectivity index (χ4n) is 2.93. The molecule has 0 unspecified atom stereocenters. The van der Waals surface area contributed by atoms with Gasteiger partial charge in [0, 0.05) is 18.6 Å².